The van der Waals surface area contributed by atoms with E-state index in [1.54, 1.807) is 44.2 Å². The SMILES string of the molecule is CC[C@@H]1SC2=NC(C)=C(C(=O)OC)[C@H](c3ccc(OC)cc3OC)N2C1=O. The van der Waals surface area contributed by atoms with Crippen LogP contribution in [0.2, 0.25) is 0 Å². The molecule has 1 fully saturated rings. The van der Waals surface area contributed by atoms with E-state index in [4.69, 9.17) is 14.2 Å². The molecule has 0 unspecified atom stereocenters. The molecule has 0 saturated carbocycles. The lowest BCUT2D eigenvalue weighted by molar-refractivity contribution is -0.137. The fourth-order valence-electron chi connectivity index (χ4n) is 3.30. The van der Waals surface area contributed by atoms with Crippen LogP contribution in [0, 0.1) is 0 Å². The minimum Gasteiger partial charge on any atom is -0.497 e. The van der Waals surface area contributed by atoms with Crippen molar-refractivity contribution < 1.29 is 23.8 Å². The quantitative estimate of drug-likeness (QED) is 0.720. The summed E-state index contributed by atoms with van der Waals surface area (Å²) in [5.74, 6) is 0.552. The van der Waals surface area contributed by atoms with Crippen LogP contribution in [0.5, 0.6) is 11.5 Å². The largest absolute Gasteiger partial charge is 0.497 e. The number of rotatable bonds is 5. The van der Waals surface area contributed by atoms with E-state index < -0.39 is 12.0 Å². The van der Waals surface area contributed by atoms with E-state index in [1.807, 2.05) is 6.92 Å². The summed E-state index contributed by atoms with van der Waals surface area (Å²) in [6.45, 7) is 3.71. The van der Waals surface area contributed by atoms with Gasteiger partial charge in [-0.1, -0.05) is 18.7 Å². The number of esters is 1. The van der Waals surface area contributed by atoms with Gasteiger partial charge in [-0.25, -0.2) is 9.79 Å². The summed E-state index contributed by atoms with van der Waals surface area (Å²) in [5, 5.41) is 0.375. The van der Waals surface area contributed by atoms with Crippen LogP contribution in [0.1, 0.15) is 31.9 Å². The minimum absolute atomic E-state index is 0.0713. The van der Waals surface area contributed by atoms with Gasteiger partial charge in [-0.3, -0.25) is 9.69 Å². The third kappa shape index (κ3) is 3.18. The molecule has 0 radical (unpaired) electrons. The maximum atomic E-state index is 13.0. The zero-order valence-electron chi connectivity index (χ0n) is 15.9. The van der Waals surface area contributed by atoms with Crippen molar-refractivity contribution >= 4 is 28.8 Å². The Kier molecular flexibility index (Phi) is 5.46. The maximum absolute atomic E-state index is 13.0. The summed E-state index contributed by atoms with van der Waals surface area (Å²) in [7, 11) is 4.43. The number of ether oxygens (including phenoxy) is 3. The molecule has 0 N–H and O–H groups in total. The second kappa shape index (κ2) is 7.64. The monoisotopic (exact) mass is 390 g/mol. The fraction of sp³-hybridized carbons (Fsp3) is 0.421. The van der Waals surface area contributed by atoms with Crippen molar-refractivity contribution in [2.45, 2.75) is 31.6 Å². The predicted molar refractivity (Wildman–Crippen MR) is 103 cm³/mol. The molecule has 2 atom stereocenters. The summed E-state index contributed by atoms with van der Waals surface area (Å²) in [6.07, 6.45) is 0.679. The van der Waals surface area contributed by atoms with E-state index in [0.29, 0.717) is 39.9 Å². The van der Waals surface area contributed by atoms with Crippen molar-refractivity contribution in [3.63, 3.8) is 0 Å². The molecular formula is C19H22N2O5S. The molecule has 2 aliphatic rings. The molecule has 0 aliphatic carbocycles. The number of hydrogen-bond donors (Lipinski definition) is 0. The predicted octanol–water partition coefficient (Wildman–Crippen LogP) is 2.92. The smallest absolute Gasteiger partial charge is 0.338 e. The van der Waals surface area contributed by atoms with Gasteiger partial charge in [-0.05, 0) is 25.5 Å². The van der Waals surface area contributed by atoms with Gasteiger partial charge in [-0.2, -0.15) is 0 Å². The molecule has 1 aromatic carbocycles. The van der Waals surface area contributed by atoms with Gasteiger partial charge in [0.1, 0.15) is 17.5 Å². The van der Waals surface area contributed by atoms with Crippen LogP contribution in [0.15, 0.2) is 34.5 Å². The zero-order valence-corrected chi connectivity index (χ0v) is 16.8. The highest BCUT2D eigenvalue weighted by Crippen LogP contribution is 2.46. The molecule has 2 aliphatic heterocycles. The average molecular weight is 390 g/mol. The van der Waals surface area contributed by atoms with Gasteiger partial charge in [-0.15, -0.1) is 0 Å². The summed E-state index contributed by atoms with van der Waals surface area (Å²) in [5.41, 5.74) is 1.54. The van der Waals surface area contributed by atoms with E-state index in [1.165, 1.54) is 18.9 Å². The van der Waals surface area contributed by atoms with Gasteiger partial charge in [0.15, 0.2) is 5.17 Å². The van der Waals surface area contributed by atoms with Crippen molar-refractivity contribution in [3.8, 4) is 11.5 Å². The van der Waals surface area contributed by atoms with Crippen LogP contribution < -0.4 is 9.47 Å². The number of benzene rings is 1. The topological polar surface area (TPSA) is 77.4 Å². The average Bonchev–Trinajstić information content (AvgIpc) is 3.01. The van der Waals surface area contributed by atoms with E-state index in [9.17, 15) is 9.59 Å². The Hall–Kier alpha value is -2.48. The molecule has 0 spiro atoms. The standard InChI is InChI=1S/C19H22N2O5S/c1-6-14-17(22)21-16(12-8-7-11(24-3)9-13(12)25-4)15(18(23)26-5)10(2)20-19(21)27-14/h7-9,14,16H,6H2,1-5H3/t14-,16-/m0/s1. The van der Waals surface area contributed by atoms with Crippen molar-refractivity contribution in [1.29, 1.82) is 0 Å². The number of methoxy groups -OCH3 is 3. The van der Waals surface area contributed by atoms with Gasteiger partial charge in [0.05, 0.1) is 37.8 Å². The highest BCUT2D eigenvalue weighted by atomic mass is 32.2. The number of amides is 1. The third-order valence-electron chi connectivity index (χ3n) is 4.66. The third-order valence-corrected chi connectivity index (χ3v) is 5.98. The van der Waals surface area contributed by atoms with Gasteiger partial charge in [0, 0.05) is 11.6 Å². The zero-order chi connectivity index (χ0) is 19.7. The lowest BCUT2D eigenvalue weighted by Crippen LogP contribution is -2.40. The van der Waals surface area contributed by atoms with Crippen LogP contribution in [-0.2, 0) is 14.3 Å². The van der Waals surface area contributed by atoms with Gasteiger partial charge in [0.25, 0.3) is 0 Å². The number of amidine groups is 1. The van der Waals surface area contributed by atoms with Gasteiger partial charge >= 0.3 is 5.97 Å². The molecule has 2 heterocycles. The molecule has 0 bridgehead atoms. The molecule has 1 amide bonds. The van der Waals surface area contributed by atoms with Crippen molar-refractivity contribution in [2.24, 2.45) is 4.99 Å². The van der Waals surface area contributed by atoms with Crippen molar-refractivity contribution in [2.75, 3.05) is 21.3 Å². The van der Waals surface area contributed by atoms with E-state index >= 15 is 0 Å². The first-order chi connectivity index (χ1) is 13.0. The van der Waals surface area contributed by atoms with Crippen LogP contribution in [0.4, 0.5) is 0 Å². The first-order valence-corrected chi connectivity index (χ1v) is 9.44. The minimum atomic E-state index is -0.664. The van der Waals surface area contributed by atoms with Gasteiger partial charge in [0.2, 0.25) is 5.91 Å². The van der Waals surface area contributed by atoms with Crippen LogP contribution in [0.3, 0.4) is 0 Å². The summed E-state index contributed by atoms with van der Waals surface area (Å²) in [6, 6.07) is 4.65. The highest BCUT2D eigenvalue weighted by Gasteiger charge is 2.47. The first kappa shape index (κ1) is 19.3. The Morgan fingerprint density at radius 3 is 2.59 bits per heavy atom. The molecule has 3 rings (SSSR count). The number of aliphatic imine (C=N–C) groups is 1. The number of carbonyl (C=O) groups excluding carboxylic acids is 2. The molecule has 0 aromatic heterocycles. The molecule has 8 heteroatoms. The molecule has 7 nitrogen and oxygen atoms in total. The van der Waals surface area contributed by atoms with Crippen LogP contribution >= 0.6 is 11.8 Å². The van der Waals surface area contributed by atoms with Crippen molar-refractivity contribution in [1.82, 2.24) is 4.90 Å². The van der Waals surface area contributed by atoms with Crippen LogP contribution in [-0.4, -0.2) is 48.5 Å². The Morgan fingerprint density at radius 2 is 2.00 bits per heavy atom. The first-order valence-electron chi connectivity index (χ1n) is 8.56. The molecule has 144 valence electrons. The highest BCUT2D eigenvalue weighted by molar-refractivity contribution is 8.15. The normalized spacial score (nSPS) is 21.7. The fourth-order valence-corrected chi connectivity index (χ4v) is 4.43. The summed E-state index contributed by atoms with van der Waals surface area (Å²) in [4.78, 5) is 31.7. The number of thioether (sulfide) groups is 1. The molecule has 1 aromatic rings. The maximum Gasteiger partial charge on any atom is 0.338 e. The van der Waals surface area contributed by atoms with Crippen LogP contribution in [0.25, 0.3) is 0 Å². The number of hydrogen-bond acceptors (Lipinski definition) is 7. The number of allylic oxidation sites excluding steroid dienone is 1. The molecule has 27 heavy (non-hydrogen) atoms. The summed E-state index contributed by atoms with van der Waals surface area (Å²) >= 11 is 1.42. The molecular weight excluding hydrogens is 368 g/mol. The van der Waals surface area contributed by atoms with E-state index in [2.05, 4.69) is 4.99 Å². The van der Waals surface area contributed by atoms with Gasteiger partial charge < -0.3 is 14.2 Å². The summed E-state index contributed by atoms with van der Waals surface area (Å²) < 4.78 is 15.8. The Labute approximate surface area is 162 Å². The molecule has 1 saturated heterocycles. The second-order valence-corrected chi connectivity index (χ2v) is 7.29. The Morgan fingerprint density at radius 1 is 1.26 bits per heavy atom. The number of nitrogens with zero attached hydrogens (tertiary/aromatic N) is 2. The van der Waals surface area contributed by atoms with Crippen molar-refractivity contribution in [3.05, 3.63) is 35.0 Å². The van der Waals surface area contributed by atoms with E-state index in [-0.39, 0.29) is 11.2 Å². The Balaban J connectivity index is 2.21. The van der Waals surface area contributed by atoms with E-state index in [0.717, 1.165) is 0 Å². The lowest BCUT2D eigenvalue weighted by Gasteiger charge is -2.33. The second-order valence-electron chi connectivity index (χ2n) is 6.12. The Bertz CT molecular complexity index is 849. The number of carbonyl (C=O) groups is 2. The number of fused-ring (bicyclic) bond motifs is 1. The lowest BCUT2D eigenvalue weighted by atomic mass is 9.93.